The standard InChI is InChI=1S/C19H21N3O3/c23-9-12-25-17-4-1-15(2-5-17)22-14-20-18-6-3-16(13-19(18)22)21-7-10-24-11-8-21/h1-6,13-14,23H,7-12H2. The van der Waals surface area contributed by atoms with Crippen molar-refractivity contribution >= 4 is 16.7 Å². The lowest BCUT2D eigenvalue weighted by Crippen LogP contribution is -2.36. The first-order chi connectivity index (χ1) is 12.3. The van der Waals surface area contributed by atoms with Gasteiger partial charge in [-0.3, -0.25) is 4.57 Å². The van der Waals surface area contributed by atoms with E-state index in [4.69, 9.17) is 14.6 Å². The number of ether oxygens (including phenoxy) is 2. The minimum absolute atomic E-state index is 0.0121. The zero-order valence-corrected chi connectivity index (χ0v) is 14.0. The van der Waals surface area contributed by atoms with Crippen LogP contribution in [0.5, 0.6) is 5.75 Å². The first-order valence-corrected chi connectivity index (χ1v) is 8.49. The summed E-state index contributed by atoms with van der Waals surface area (Å²) in [5.41, 5.74) is 4.27. The fourth-order valence-corrected chi connectivity index (χ4v) is 3.09. The molecule has 0 radical (unpaired) electrons. The summed E-state index contributed by atoms with van der Waals surface area (Å²) in [5.74, 6) is 0.747. The number of fused-ring (bicyclic) bond motifs is 1. The van der Waals surface area contributed by atoms with Gasteiger partial charge in [-0.2, -0.15) is 0 Å². The Morgan fingerprint density at radius 2 is 1.80 bits per heavy atom. The van der Waals surface area contributed by atoms with E-state index in [9.17, 15) is 0 Å². The average Bonchev–Trinajstić information content (AvgIpc) is 3.10. The Labute approximate surface area is 146 Å². The van der Waals surface area contributed by atoms with Gasteiger partial charge >= 0.3 is 0 Å². The number of aliphatic hydroxyl groups excluding tert-OH is 1. The Kier molecular flexibility index (Phi) is 4.54. The van der Waals surface area contributed by atoms with Gasteiger partial charge in [0.15, 0.2) is 0 Å². The Morgan fingerprint density at radius 1 is 1.04 bits per heavy atom. The Hall–Kier alpha value is -2.57. The van der Waals surface area contributed by atoms with Crippen molar-refractivity contribution < 1.29 is 14.6 Å². The van der Waals surface area contributed by atoms with Crippen LogP contribution in [-0.4, -0.2) is 54.2 Å². The van der Waals surface area contributed by atoms with Crippen LogP contribution in [0.15, 0.2) is 48.8 Å². The minimum atomic E-state index is 0.0121. The van der Waals surface area contributed by atoms with Gasteiger partial charge in [-0.1, -0.05) is 0 Å². The summed E-state index contributed by atoms with van der Waals surface area (Å²) in [5, 5.41) is 8.84. The summed E-state index contributed by atoms with van der Waals surface area (Å²) < 4.78 is 12.9. The Balaban J connectivity index is 1.64. The molecule has 0 bridgehead atoms. The molecule has 2 heterocycles. The molecule has 0 unspecified atom stereocenters. The van der Waals surface area contributed by atoms with Gasteiger partial charge in [0, 0.05) is 24.5 Å². The fourth-order valence-electron chi connectivity index (χ4n) is 3.09. The van der Waals surface area contributed by atoms with E-state index in [1.807, 2.05) is 30.6 Å². The Bertz CT molecular complexity index is 839. The summed E-state index contributed by atoms with van der Waals surface area (Å²) in [7, 11) is 0. The SMILES string of the molecule is OCCOc1ccc(-n2cnc3ccc(N4CCOCC4)cc32)cc1. The van der Waals surface area contributed by atoms with Crippen LogP contribution >= 0.6 is 0 Å². The lowest BCUT2D eigenvalue weighted by Gasteiger charge is -2.28. The zero-order chi connectivity index (χ0) is 17.1. The lowest BCUT2D eigenvalue weighted by molar-refractivity contribution is 0.122. The van der Waals surface area contributed by atoms with E-state index in [2.05, 4.69) is 32.7 Å². The maximum atomic E-state index is 8.84. The van der Waals surface area contributed by atoms with Crippen molar-refractivity contribution in [1.82, 2.24) is 9.55 Å². The molecular formula is C19H21N3O3. The molecule has 6 nitrogen and oxygen atoms in total. The first-order valence-electron chi connectivity index (χ1n) is 8.49. The number of imidazole rings is 1. The molecule has 0 spiro atoms. The van der Waals surface area contributed by atoms with Gasteiger partial charge in [0.25, 0.3) is 0 Å². The highest BCUT2D eigenvalue weighted by atomic mass is 16.5. The summed E-state index contributed by atoms with van der Waals surface area (Å²) in [4.78, 5) is 6.85. The van der Waals surface area contributed by atoms with Gasteiger partial charge in [-0.25, -0.2) is 4.98 Å². The maximum Gasteiger partial charge on any atom is 0.119 e. The predicted octanol–water partition coefficient (Wildman–Crippen LogP) is 2.23. The number of morpholine rings is 1. The van der Waals surface area contributed by atoms with Crippen molar-refractivity contribution in [3.63, 3.8) is 0 Å². The highest BCUT2D eigenvalue weighted by Gasteiger charge is 2.13. The summed E-state index contributed by atoms with van der Waals surface area (Å²) in [6.45, 7) is 3.68. The molecule has 1 aromatic heterocycles. The van der Waals surface area contributed by atoms with E-state index in [-0.39, 0.29) is 6.61 Å². The van der Waals surface area contributed by atoms with Crippen LogP contribution in [0.25, 0.3) is 16.7 Å². The molecule has 1 saturated heterocycles. The molecule has 4 rings (SSSR count). The normalized spacial score (nSPS) is 14.8. The highest BCUT2D eigenvalue weighted by molar-refractivity contribution is 5.81. The van der Waals surface area contributed by atoms with E-state index < -0.39 is 0 Å². The second-order valence-corrected chi connectivity index (χ2v) is 5.95. The fraction of sp³-hybridized carbons (Fsp3) is 0.316. The lowest BCUT2D eigenvalue weighted by atomic mass is 10.2. The van der Waals surface area contributed by atoms with Gasteiger partial charge in [-0.05, 0) is 42.5 Å². The number of anilines is 1. The molecule has 2 aromatic carbocycles. The number of rotatable bonds is 5. The molecule has 0 aliphatic carbocycles. The average molecular weight is 339 g/mol. The molecule has 1 aliphatic rings. The third-order valence-corrected chi connectivity index (χ3v) is 4.38. The molecule has 0 amide bonds. The van der Waals surface area contributed by atoms with Gasteiger partial charge < -0.3 is 19.5 Å². The number of hydrogen-bond donors (Lipinski definition) is 1. The van der Waals surface area contributed by atoms with Crippen molar-refractivity contribution in [2.45, 2.75) is 0 Å². The summed E-state index contributed by atoms with van der Waals surface area (Å²) >= 11 is 0. The number of nitrogens with zero attached hydrogens (tertiary/aromatic N) is 3. The quantitative estimate of drug-likeness (QED) is 0.772. The van der Waals surface area contributed by atoms with Crippen LogP contribution in [-0.2, 0) is 4.74 Å². The van der Waals surface area contributed by atoms with Crippen LogP contribution in [0.1, 0.15) is 0 Å². The van der Waals surface area contributed by atoms with E-state index in [0.29, 0.717) is 6.61 Å². The molecular weight excluding hydrogens is 318 g/mol. The molecule has 0 atom stereocenters. The van der Waals surface area contributed by atoms with Crippen LogP contribution in [0.2, 0.25) is 0 Å². The molecule has 0 saturated carbocycles. The third-order valence-electron chi connectivity index (χ3n) is 4.38. The van der Waals surface area contributed by atoms with Crippen molar-refractivity contribution in [1.29, 1.82) is 0 Å². The van der Waals surface area contributed by atoms with Crippen LogP contribution in [0, 0.1) is 0 Å². The van der Waals surface area contributed by atoms with Crippen molar-refractivity contribution in [2.24, 2.45) is 0 Å². The number of aliphatic hydroxyl groups is 1. The van der Waals surface area contributed by atoms with Crippen molar-refractivity contribution in [3.05, 3.63) is 48.8 Å². The monoisotopic (exact) mass is 339 g/mol. The van der Waals surface area contributed by atoms with E-state index in [0.717, 1.165) is 48.8 Å². The predicted molar refractivity (Wildman–Crippen MR) is 96.7 cm³/mol. The van der Waals surface area contributed by atoms with E-state index >= 15 is 0 Å². The number of benzene rings is 2. The van der Waals surface area contributed by atoms with E-state index in [1.165, 1.54) is 5.69 Å². The van der Waals surface area contributed by atoms with Crippen molar-refractivity contribution in [2.75, 3.05) is 44.4 Å². The molecule has 1 aliphatic heterocycles. The highest BCUT2D eigenvalue weighted by Crippen LogP contribution is 2.25. The number of aromatic nitrogens is 2. The van der Waals surface area contributed by atoms with Gasteiger partial charge in [0.1, 0.15) is 18.7 Å². The van der Waals surface area contributed by atoms with Crippen LogP contribution in [0.4, 0.5) is 5.69 Å². The summed E-state index contributed by atoms with van der Waals surface area (Å²) in [6.07, 6.45) is 1.84. The van der Waals surface area contributed by atoms with Gasteiger partial charge in [0.2, 0.25) is 0 Å². The molecule has 130 valence electrons. The minimum Gasteiger partial charge on any atom is -0.491 e. The molecule has 6 heteroatoms. The second kappa shape index (κ2) is 7.13. The van der Waals surface area contributed by atoms with Crippen LogP contribution in [0.3, 0.4) is 0 Å². The second-order valence-electron chi connectivity index (χ2n) is 5.95. The van der Waals surface area contributed by atoms with Crippen molar-refractivity contribution in [3.8, 4) is 11.4 Å². The van der Waals surface area contributed by atoms with Gasteiger partial charge in [0.05, 0.1) is 30.9 Å². The number of hydrogen-bond acceptors (Lipinski definition) is 5. The molecule has 1 N–H and O–H groups in total. The van der Waals surface area contributed by atoms with E-state index in [1.54, 1.807) is 0 Å². The smallest absolute Gasteiger partial charge is 0.119 e. The first kappa shape index (κ1) is 15.9. The molecule has 1 fully saturated rings. The Morgan fingerprint density at radius 3 is 2.56 bits per heavy atom. The maximum absolute atomic E-state index is 8.84. The summed E-state index contributed by atoms with van der Waals surface area (Å²) in [6, 6.07) is 14.2. The zero-order valence-electron chi connectivity index (χ0n) is 14.0. The molecule has 25 heavy (non-hydrogen) atoms. The molecule has 3 aromatic rings. The largest absolute Gasteiger partial charge is 0.491 e. The topological polar surface area (TPSA) is 59.8 Å². The van der Waals surface area contributed by atoms with Crippen LogP contribution < -0.4 is 9.64 Å². The third kappa shape index (κ3) is 3.31. The van der Waals surface area contributed by atoms with Gasteiger partial charge in [-0.15, -0.1) is 0 Å².